The molecule has 2 rings (SSSR count). The molecule has 0 heterocycles. The highest BCUT2D eigenvalue weighted by Gasteiger charge is 2.09. The monoisotopic (exact) mass is 283 g/mol. The van der Waals surface area contributed by atoms with Crippen LogP contribution in [0.3, 0.4) is 0 Å². The fourth-order valence-corrected chi connectivity index (χ4v) is 2.05. The molecule has 1 unspecified atom stereocenters. The quantitative estimate of drug-likeness (QED) is 0.871. The highest BCUT2D eigenvalue weighted by atomic mass is 16.5. The molecule has 0 aliphatic rings. The van der Waals surface area contributed by atoms with E-state index in [4.69, 9.17) is 4.74 Å². The molecule has 0 saturated carbocycles. The molecule has 1 N–H and O–H groups in total. The third-order valence-electron chi connectivity index (χ3n) is 3.21. The molecule has 2 aromatic carbocycles. The molecule has 3 heteroatoms. The van der Waals surface area contributed by atoms with Gasteiger partial charge in [-0.15, -0.1) is 0 Å². The molecule has 0 aromatic heterocycles. The number of carbonyl (C=O) groups is 1. The number of benzene rings is 2. The first-order valence-electron chi connectivity index (χ1n) is 7.30. The Hall–Kier alpha value is -2.29. The third kappa shape index (κ3) is 4.35. The minimum Gasteiger partial charge on any atom is -0.486 e. The van der Waals surface area contributed by atoms with E-state index in [0.29, 0.717) is 17.9 Å². The Morgan fingerprint density at radius 3 is 2.62 bits per heavy atom. The Bertz CT molecular complexity index is 581. The van der Waals surface area contributed by atoms with Crippen LogP contribution in [0.4, 0.5) is 0 Å². The highest BCUT2D eigenvalue weighted by molar-refractivity contribution is 5.94. The Morgan fingerprint density at radius 1 is 1.14 bits per heavy atom. The van der Waals surface area contributed by atoms with E-state index in [9.17, 15) is 4.79 Å². The number of amides is 1. The summed E-state index contributed by atoms with van der Waals surface area (Å²) in [6.45, 7) is 4.71. The van der Waals surface area contributed by atoms with Gasteiger partial charge in [-0.25, -0.2) is 0 Å². The SMILES string of the molecule is CCCNC(=O)c1cccc(OC(C)c2ccccc2)c1. The lowest BCUT2D eigenvalue weighted by atomic mass is 10.1. The lowest BCUT2D eigenvalue weighted by Gasteiger charge is -2.15. The van der Waals surface area contributed by atoms with Gasteiger partial charge in [0.05, 0.1) is 0 Å². The van der Waals surface area contributed by atoms with Crippen LogP contribution in [0.15, 0.2) is 54.6 Å². The van der Waals surface area contributed by atoms with Gasteiger partial charge in [0.2, 0.25) is 0 Å². The van der Waals surface area contributed by atoms with Gasteiger partial charge in [0.25, 0.3) is 5.91 Å². The predicted octanol–water partition coefficient (Wildman–Crippen LogP) is 3.97. The Labute approximate surface area is 126 Å². The molecular weight excluding hydrogens is 262 g/mol. The molecule has 0 radical (unpaired) electrons. The standard InChI is InChI=1S/C18H21NO2/c1-3-12-19-18(20)16-10-7-11-17(13-16)21-14(2)15-8-5-4-6-9-15/h4-11,13-14H,3,12H2,1-2H3,(H,19,20). The first kappa shape index (κ1) is 15.1. The largest absolute Gasteiger partial charge is 0.486 e. The molecule has 0 aliphatic carbocycles. The topological polar surface area (TPSA) is 38.3 Å². The van der Waals surface area contributed by atoms with Gasteiger partial charge < -0.3 is 10.1 Å². The molecule has 1 atom stereocenters. The predicted molar refractivity (Wildman–Crippen MR) is 84.6 cm³/mol. The number of nitrogens with one attached hydrogen (secondary N) is 1. The Morgan fingerprint density at radius 2 is 1.90 bits per heavy atom. The van der Waals surface area contributed by atoms with E-state index in [2.05, 4.69) is 5.32 Å². The van der Waals surface area contributed by atoms with Gasteiger partial charge in [0.15, 0.2) is 0 Å². The number of ether oxygens (including phenoxy) is 1. The lowest BCUT2D eigenvalue weighted by Crippen LogP contribution is -2.23. The zero-order chi connectivity index (χ0) is 15.1. The van der Waals surface area contributed by atoms with Crippen molar-refractivity contribution >= 4 is 5.91 Å². The van der Waals surface area contributed by atoms with Crippen molar-refractivity contribution < 1.29 is 9.53 Å². The summed E-state index contributed by atoms with van der Waals surface area (Å²) in [6.07, 6.45) is 0.868. The molecule has 2 aromatic rings. The molecule has 0 fully saturated rings. The summed E-state index contributed by atoms with van der Waals surface area (Å²) in [5.74, 6) is 0.644. The van der Waals surface area contributed by atoms with Gasteiger partial charge in [-0.3, -0.25) is 4.79 Å². The fraction of sp³-hybridized carbons (Fsp3) is 0.278. The average molecular weight is 283 g/mol. The van der Waals surface area contributed by atoms with Crippen molar-refractivity contribution in [1.29, 1.82) is 0 Å². The first-order chi connectivity index (χ1) is 10.2. The number of rotatable bonds is 6. The molecule has 0 aliphatic heterocycles. The Kier molecular flexibility index (Phi) is 5.38. The zero-order valence-corrected chi connectivity index (χ0v) is 12.5. The maximum absolute atomic E-state index is 11.9. The summed E-state index contributed by atoms with van der Waals surface area (Å²) >= 11 is 0. The van der Waals surface area contributed by atoms with E-state index in [-0.39, 0.29) is 12.0 Å². The molecule has 1 amide bonds. The molecule has 21 heavy (non-hydrogen) atoms. The van der Waals surface area contributed by atoms with Crippen LogP contribution in [0.2, 0.25) is 0 Å². The van der Waals surface area contributed by atoms with Crippen molar-refractivity contribution in [3.63, 3.8) is 0 Å². The summed E-state index contributed by atoms with van der Waals surface area (Å²) in [4.78, 5) is 11.9. The average Bonchev–Trinajstić information content (AvgIpc) is 2.53. The minimum absolute atomic E-state index is 0.0554. The zero-order valence-electron chi connectivity index (χ0n) is 12.5. The van der Waals surface area contributed by atoms with Crippen molar-refractivity contribution in [3.8, 4) is 5.75 Å². The van der Waals surface area contributed by atoms with E-state index < -0.39 is 0 Å². The number of hydrogen-bond donors (Lipinski definition) is 1. The number of hydrogen-bond acceptors (Lipinski definition) is 2. The maximum atomic E-state index is 11.9. The fourth-order valence-electron chi connectivity index (χ4n) is 2.05. The van der Waals surface area contributed by atoms with E-state index in [1.165, 1.54) is 0 Å². The maximum Gasteiger partial charge on any atom is 0.251 e. The molecule has 3 nitrogen and oxygen atoms in total. The first-order valence-corrected chi connectivity index (χ1v) is 7.30. The van der Waals surface area contributed by atoms with E-state index in [1.807, 2.05) is 56.3 Å². The van der Waals surface area contributed by atoms with Crippen LogP contribution in [-0.2, 0) is 0 Å². The van der Waals surface area contributed by atoms with Crippen LogP contribution in [0.5, 0.6) is 5.75 Å². The van der Waals surface area contributed by atoms with Gasteiger partial charge in [-0.1, -0.05) is 43.3 Å². The highest BCUT2D eigenvalue weighted by Crippen LogP contribution is 2.22. The molecule has 0 spiro atoms. The minimum atomic E-state index is -0.0605. The van der Waals surface area contributed by atoms with Crippen molar-refractivity contribution in [1.82, 2.24) is 5.32 Å². The second-order valence-electron chi connectivity index (χ2n) is 4.95. The summed E-state index contributed by atoms with van der Waals surface area (Å²) in [7, 11) is 0. The van der Waals surface area contributed by atoms with Crippen molar-refractivity contribution in [2.75, 3.05) is 6.54 Å². The molecule has 110 valence electrons. The summed E-state index contributed by atoms with van der Waals surface area (Å²) in [5, 5.41) is 2.87. The van der Waals surface area contributed by atoms with Crippen LogP contribution >= 0.6 is 0 Å². The van der Waals surface area contributed by atoms with Crippen molar-refractivity contribution in [3.05, 3.63) is 65.7 Å². The smallest absolute Gasteiger partial charge is 0.251 e. The van der Waals surface area contributed by atoms with Gasteiger partial charge in [-0.05, 0) is 37.1 Å². The van der Waals surface area contributed by atoms with Gasteiger partial charge in [-0.2, -0.15) is 0 Å². The molecule has 0 bridgehead atoms. The van der Waals surface area contributed by atoms with Gasteiger partial charge in [0.1, 0.15) is 11.9 Å². The third-order valence-corrected chi connectivity index (χ3v) is 3.21. The lowest BCUT2D eigenvalue weighted by molar-refractivity contribution is 0.0953. The van der Waals surface area contributed by atoms with Crippen LogP contribution in [-0.4, -0.2) is 12.5 Å². The second-order valence-corrected chi connectivity index (χ2v) is 4.95. The second kappa shape index (κ2) is 7.48. The van der Waals surface area contributed by atoms with Crippen molar-refractivity contribution in [2.24, 2.45) is 0 Å². The normalized spacial score (nSPS) is 11.7. The molecule has 0 saturated heterocycles. The summed E-state index contributed by atoms with van der Waals surface area (Å²) in [6, 6.07) is 17.3. The van der Waals surface area contributed by atoms with E-state index in [0.717, 1.165) is 12.0 Å². The summed E-state index contributed by atoms with van der Waals surface area (Å²) in [5.41, 5.74) is 1.74. The van der Waals surface area contributed by atoms with Crippen LogP contribution in [0.1, 0.15) is 42.3 Å². The van der Waals surface area contributed by atoms with Gasteiger partial charge >= 0.3 is 0 Å². The summed E-state index contributed by atoms with van der Waals surface area (Å²) < 4.78 is 5.92. The van der Waals surface area contributed by atoms with Crippen LogP contribution < -0.4 is 10.1 Å². The van der Waals surface area contributed by atoms with Crippen LogP contribution in [0, 0.1) is 0 Å². The van der Waals surface area contributed by atoms with Gasteiger partial charge in [0, 0.05) is 12.1 Å². The molecular formula is C18H21NO2. The Balaban J connectivity index is 2.06. The number of carbonyl (C=O) groups excluding carboxylic acids is 1. The van der Waals surface area contributed by atoms with Crippen molar-refractivity contribution in [2.45, 2.75) is 26.4 Å². The van der Waals surface area contributed by atoms with E-state index >= 15 is 0 Å². The van der Waals surface area contributed by atoms with Crippen LogP contribution in [0.25, 0.3) is 0 Å². The van der Waals surface area contributed by atoms with E-state index in [1.54, 1.807) is 12.1 Å².